The molecule has 31 heavy (non-hydrogen) atoms. The van der Waals surface area contributed by atoms with Crippen molar-refractivity contribution >= 4 is 40.1 Å². The molecule has 0 bridgehead atoms. The minimum absolute atomic E-state index is 0.316. The van der Waals surface area contributed by atoms with Crippen LogP contribution < -0.4 is 11.2 Å². The van der Waals surface area contributed by atoms with Gasteiger partial charge in [-0.2, -0.15) is 4.98 Å². The predicted molar refractivity (Wildman–Crippen MR) is 123 cm³/mol. The number of imidazole rings is 2. The molecule has 0 amide bonds. The second-order valence-corrected chi connectivity index (χ2v) is 8.31. The minimum Gasteiger partial charge on any atom is -0.279 e. The molecule has 0 aliphatic carbocycles. The maximum atomic E-state index is 13.0. The zero-order valence-electron chi connectivity index (χ0n) is 16.9. The summed E-state index contributed by atoms with van der Waals surface area (Å²) in [5, 5.41) is 1.01. The van der Waals surface area contributed by atoms with Crippen LogP contribution in [0.2, 0.25) is 10.0 Å². The molecule has 0 aliphatic heterocycles. The van der Waals surface area contributed by atoms with Crippen LogP contribution in [0.15, 0.2) is 58.3 Å². The Labute approximate surface area is 186 Å². The van der Waals surface area contributed by atoms with Crippen LogP contribution in [0.25, 0.3) is 33.9 Å². The molecule has 0 saturated heterocycles. The maximum absolute atomic E-state index is 13.0. The first kappa shape index (κ1) is 19.7. The lowest BCUT2D eigenvalue weighted by Gasteiger charge is -2.11. The fourth-order valence-corrected chi connectivity index (χ4v) is 4.31. The van der Waals surface area contributed by atoms with Crippen molar-refractivity contribution in [3.05, 3.63) is 85.1 Å². The molecule has 5 rings (SSSR count). The molecule has 3 aromatic heterocycles. The van der Waals surface area contributed by atoms with Crippen molar-refractivity contribution in [1.29, 1.82) is 0 Å². The molecular formula is C22H17Cl2N5O2. The normalized spacial score (nSPS) is 11.6. The van der Waals surface area contributed by atoms with Crippen molar-refractivity contribution in [2.45, 2.75) is 6.92 Å². The first-order chi connectivity index (χ1) is 14.8. The number of benzene rings is 2. The molecule has 2 aromatic carbocycles. The van der Waals surface area contributed by atoms with Crippen LogP contribution in [0.5, 0.6) is 0 Å². The second-order valence-electron chi connectivity index (χ2n) is 7.47. The topological polar surface area (TPSA) is 66.2 Å². The van der Waals surface area contributed by atoms with Gasteiger partial charge in [-0.1, -0.05) is 40.9 Å². The van der Waals surface area contributed by atoms with Gasteiger partial charge in [-0.15, -0.1) is 0 Å². The highest BCUT2D eigenvalue weighted by atomic mass is 35.5. The number of nitrogens with zero attached hydrogens (tertiary/aromatic N) is 5. The van der Waals surface area contributed by atoms with Crippen LogP contribution >= 0.6 is 23.2 Å². The molecule has 5 aromatic rings. The van der Waals surface area contributed by atoms with Crippen LogP contribution in [0.3, 0.4) is 0 Å². The molecule has 0 radical (unpaired) electrons. The van der Waals surface area contributed by atoms with E-state index in [2.05, 4.69) is 4.98 Å². The van der Waals surface area contributed by atoms with Gasteiger partial charge in [0.1, 0.15) is 0 Å². The maximum Gasteiger partial charge on any atom is 0.332 e. The molecule has 0 fully saturated rings. The van der Waals surface area contributed by atoms with Crippen molar-refractivity contribution in [2.75, 3.05) is 0 Å². The number of halogens is 2. The number of hydrogen-bond acceptors (Lipinski definition) is 3. The first-order valence-electron chi connectivity index (χ1n) is 9.50. The Balaban J connectivity index is 1.97. The van der Waals surface area contributed by atoms with Gasteiger partial charge in [0.25, 0.3) is 5.56 Å². The summed E-state index contributed by atoms with van der Waals surface area (Å²) >= 11 is 12.6. The summed E-state index contributed by atoms with van der Waals surface area (Å²) in [5.74, 6) is 0.498. The molecule has 0 spiro atoms. The van der Waals surface area contributed by atoms with Gasteiger partial charge in [-0.25, -0.2) is 4.79 Å². The molecule has 0 unspecified atom stereocenters. The first-order valence-corrected chi connectivity index (χ1v) is 10.3. The molecule has 0 atom stereocenters. The van der Waals surface area contributed by atoms with Gasteiger partial charge in [0.15, 0.2) is 11.2 Å². The van der Waals surface area contributed by atoms with Gasteiger partial charge in [-0.3, -0.25) is 22.9 Å². The third kappa shape index (κ3) is 2.85. The van der Waals surface area contributed by atoms with Crippen molar-refractivity contribution in [1.82, 2.24) is 23.1 Å². The molecule has 7 nitrogen and oxygen atoms in total. The highest BCUT2D eigenvalue weighted by Crippen LogP contribution is 2.34. The molecule has 0 saturated carbocycles. The average Bonchev–Trinajstić information content (AvgIpc) is 3.28. The minimum atomic E-state index is -0.430. The number of aromatic nitrogens is 5. The average molecular weight is 454 g/mol. The number of hydrogen-bond donors (Lipinski definition) is 0. The van der Waals surface area contributed by atoms with Crippen molar-refractivity contribution in [3.63, 3.8) is 0 Å². The van der Waals surface area contributed by atoms with Gasteiger partial charge in [0, 0.05) is 36.6 Å². The van der Waals surface area contributed by atoms with E-state index in [1.807, 2.05) is 48.0 Å². The quantitative estimate of drug-likeness (QED) is 0.406. The van der Waals surface area contributed by atoms with E-state index < -0.39 is 11.2 Å². The van der Waals surface area contributed by atoms with E-state index in [0.717, 1.165) is 27.1 Å². The van der Waals surface area contributed by atoms with E-state index in [1.165, 1.54) is 11.6 Å². The van der Waals surface area contributed by atoms with Crippen molar-refractivity contribution in [2.24, 2.45) is 14.1 Å². The third-order valence-corrected chi connectivity index (χ3v) is 6.01. The molecule has 156 valence electrons. The van der Waals surface area contributed by atoms with Gasteiger partial charge in [0.05, 0.1) is 10.7 Å². The Hall–Kier alpha value is -3.29. The summed E-state index contributed by atoms with van der Waals surface area (Å²) in [4.78, 5) is 30.0. The fourth-order valence-electron chi connectivity index (χ4n) is 3.81. The Morgan fingerprint density at radius 2 is 1.65 bits per heavy atom. The number of aryl methyl sites for hydroxylation is 2. The highest BCUT2D eigenvalue weighted by molar-refractivity contribution is 6.36. The number of fused-ring (bicyclic) bond motifs is 3. The van der Waals surface area contributed by atoms with Crippen LogP contribution in [0, 0.1) is 6.92 Å². The molecule has 0 N–H and O–H groups in total. The van der Waals surface area contributed by atoms with Crippen LogP contribution in [-0.2, 0) is 14.1 Å². The van der Waals surface area contributed by atoms with E-state index in [9.17, 15) is 9.59 Å². The summed E-state index contributed by atoms with van der Waals surface area (Å²) < 4.78 is 6.07. The zero-order valence-corrected chi connectivity index (χ0v) is 18.4. The van der Waals surface area contributed by atoms with Crippen LogP contribution in [0.4, 0.5) is 0 Å². The van der Waals surface area contributed by atoms with Gasteiger partial charge in [-0.05, 0) is 37.3 Å². The molecule has 3 heterocycles. The summed E-state index contributed by atoms with van der Waals surface area (Å²) in [6, 6.07) is 13.2. The van der Waals surface area contributed by atoms with Gasteiger partial charge in [0.2, 0.25) is 5.78 Å². The monoisotopic (exact) mass is 453 g/mol. The Morgan fingerprint density at radius 3 is 2.32 bits per heavy atom. The molecule has 9 heteroatoms. The predicted octanol–water partition coefficient (Wildman–Crippen LogP) is 3.96. The van der Waals surface area contributed by atoms with Gasteiger partial charge < -0.3 is 0 Å². The lowest BCUT2D eigenvalue weighted by atomic mass is 10.1. The Morgan fingerprint density at radius 1 is 0.935 bits per heavy atom. The Kier molecular flexibility index (Phi) is 4.35. The second kappa shape index (κ2) is 6.87. The fraction of sp³-hybridized carbons (Fsp3) is 0.136. The standard InChI is InChI=1S/C22H17Cl2N5O2/c1-12-4-7-14(8-5-12)29-17(15-9-6-13(23)10-16(15)24)11-28-18-19(25-21(28)29)26(2)22(31)27(3)20(18)30/h4-11H,1-3H3. The summed E-state index contributed by atoms with van der Waals surface area (Å²) in [6.45, 7) is 2.01. The van der Waals surface area contributed by atoms with E-state index in [-0.39, 0.29) is 0 Å². The van der Waals surface area contributed by atoms with Crippen molar-refractivity contribution < 1.29 is 0 Å². The van der Waals surface area contributed by atoms with E-state index in [1.54, 1.807) is 23.6 Å². The SMILES string of the molecule is Cc1ccc(-n2c(-c3ccc(Cl)cc3Cl)cn3c4c(=O)n(C)c(=O)n(C)c4nc23)cc1. The van der Waals surface area contributed by atoms with Crippen molar-refractivity contribution in [3.8, 4) is 16.9 Å². The van der Waals surface area contributed by atoms with E-state index in [4.69, 9.17) is 23.2 Å². The van der Waals surface area contributed by atoms with Gasteiger partial charge >= 0.3 is 5.69 Å². The lowest BCUT2D eigenvalue weighted by molar-refractivity contribution is 0.708. The lowest BCUT2D eigenvalue weighted by Crippen LogP contribution is -2.37. The van der Waals surface area contributed by atoms with E-state index >= 15 is 0 Å². The van der Waals surface area contributed by atoms with Crippen LogP contribution in [-0.4, -0.2) is 23.1 Å². The summed E-state index contributed by atoms with van der Waals surface area (Å²) in [6.07, 6.45) is 1.81. The highest BCUT2D eigenvalue weighted by Gasteiger charge is 2.22. The largest absolute Gasteiger partial charge is 0.332 e. The zero-order chi connectivity index (χ0) is 22.0. The Bertz CT molecular complexity index is 1620. The number of rotatable bonds is 2. The molecule has 0 aliphatic rings. The summed E-state index contributed by atoms with van der Waals surface area (Å²) in [7, 11) is 3.06. The summed E-state index contributed by atoms with van der Waals surface area (Å²) in [5.41, 5.74) is 3.23. The smallest absolute Gasteiger partial charge is 0.279 e. The molecular weight excluding hydrogens is 437 g/mol. The van der Waals surface area contributed by atoms with Crippen LogP contribution in [0.1, 0.15) is 5.56 Å². The van der Waals surface area contributed by atoms with E-state index in [0.29, 0.717) is 27.0 Å². The third-order valence-electron chi connectivity index (χ3n) is 5.46.